The summed E-state index contributed by atoms with van der Waals surface area (Å²) in [6, 6.07) is 13.7. The van der Waals surface area contributed by atoms with Gasteiger partial charge in [0.15, 0.2) is 5.13 Å². The molecule has 0 spiro atoms. The van der Waals surface area contributed by atoms with E-state index in [2.05, 4.69) is 10.3 Å². The molecule has 1 N–H and O–H groups in total. The molecule has 0 aliphatic carbocycles. The lowest BCUT2D eigenvalue weighted by molar-refractivity contribution is -0.116. The third kappa shape index (κ3) is 5.14. The van der Waals surface area contributed by atoms with Gasteiger partial charge in [0.2, 0.25) is 11.8 Å². The zero-order valence-corrected chi connectivity index (χ0v) is 16.9. The number of nitrogens with zero attached hydrogens (tertiary/aromatic N) is 2. The lowest BCUT2D eigenvalue weighted by atomic mass is 10.1. The zero-order chi connectivity index (χ0) is 20.8. The molecule has 1 aromatic heterocycles. The minimum absolute atomic E-state index is 0.137. The summed E-state index contributed by atoms with van der Waals surface area (Å²) < 4.78 is 14.1. The number of hydrogen-bond donors (Lipinski definition) is 1. The number of hydrogen-bond acceptors (Lipinski definition) is 4. The summed E-state index contributed by atoms with van der Waals surface area (Å²) in [6.45, 7) is 3.40. The van der Waals surface area contributed by atoms with E-state index in [0.717, 1.165) is 17.7 Å². The van der Waals surface area contributed by atoms with Crippen LogP contribution >= 0.6 is 11.3 Å². The number of thiazole rings is 1. The van der Waals surface area contributed by atoms with Gasteiger partial charge in [-0.05, 0) is 42.3 Å². The Morgan fingerprint density at radius 3 is 2.72 bits per heavy atom. The van der Waals surface area contributed by atoms with Gasteiger partial charge in [-0.25, -0.2) is 9.37 Å². The molecule has 0 aliphatic heterocycles. The maximum Gasteiger partial charge on any atom is 0.248 e. The maximum absolute atomic E-state index is 14.1. The molecule has 0 fully saturated rings. The smallest absolute Gasteiger partial charge is 0.248 e. The van der Waals surface area contributed by atoms with Crippen molar-refractivity contribution in [3.63, 3.8) is 0 Å². The van der Waals surface area contributed by atoms with Crippen LogP contribution in [0.15, 0.2) is 60.0 Å². The number of amides is 2. The molecule has 0 saturated carbocycles. The van der Waals surface area contributed by atoms with Crippen LogP contribution in [0.2, 0.25) is 0 Å². The molecule has 148 valence electrons. The van der Waals surface area contributed by atoms with Crippen molar-refractivity contribution in [1.29, 1.82) is 0 Å². The fourth-order valence-electron chi connectivity index (χ4n) is 2.71. The van der Waals surface area contributed by atoms with Gasteiger partial charge < -0.3 is 5.32 Å². The van der Waals surface area contributed by atoms with Crippen LogP contribution in [-0.4, -0.2) is 16.8 Å². The molecule has 0 unspecified atom stereocenters. The van der Waals surface area contributed by atoms with Crippen molar-refractivity contribution in [2.75, 3.05) is 10.2 Å². The van der Waals surface area contributed by atoms with Crippen molar-refractivity contribution in [3.8, 4) is 0 Å². The minimum Gasteiger partial charge on any atom is -0.323 e. The highest BCUT2D eigenvalue weighted by molar-refractivity contribution is 7.14. The number of anilines is 3. The first-order valence-electron chi connectivity index (χ1n) is 9.06. The van der Waals surface area contributed by atoms with Crippen molar-refractivity contribution in [2.45, 2.75) is 20.3 Å². The normalized spacial score (nSPS) is 10.9. The predicted molar refractivity (Wildman–Crippen MR) is 115 cm³/mol. The van der Waals surface area contributed by atoms with E-state index in [1.54, 1.807) is 23.6 Å². The molecular formula is C22H20FN3O2S. The van der Waals surface area contributed by atoms with E-state index in [9.17, 15) is 14.0 Å². The highest BCUT2D eigenvalue weighted by Gasteiger charge is 2.20. The van der Waals surface area contributed by atoms with Crippen LogP contribution < -0.4 is 10.2 Å². The van der Waals surface area contributed by atoms with Crippen LogP contribution in [0.4, 0.5) is 20.9 Å². The Bertz CT molecular complexity index is 1060. The Hall–Kier alpha value is -3.32. The van der Waals surface area contributed by atoms with Crippen LogP contribution in [0.25, 0.3) is 6.08 Å². The van der Waals surface area contributed by atoms with E-state index in [0.29, 0.717) is 10.8 Å². The van der Waals surface area contributed by atoms with Crippen LogP contribution in [0.3, 0.4) is 0 Å². The number of aryl methyl sites for hydroxylation is 1. The number of carbonyl (C=O) groups is 2. The number of halogens is 1. The maximum atomic E-state index is 14.1. The predicted octanol–water partition coefficient (Wildman–Crippen LogP) is 5.18. The van der Waals surface area contributed by atoms with Gasteiger partial charge in [-0.2, -0.15) is 0 Å². The SMILES string of the molecule is CCc1cccc(NC(=O)/C=C/c2csc(N(C(C)=O)c3ccccc3F)n2)c1. The standard InChI is InChI=1S/C22H20FN3O2S/c1-3-16-7-6-8-17(13-16)24-21(28)12-11-18-14-29-22(25-18)26(15(2)27)20-10-5-4-9-19(20)23/h4-14H,3H2,1-2H3,(H,24,28)/b12-11+. The van der Waals surface area contributed by atoms with E-state index in [4.69, 9.17) is 0 Å². The lowest BCUT2D eigenvalue weighted by Gasteiger charge is -2.18. The van der Waals surface area contributed by atoms with E-state index in [1.165, 1.54) is 41.4 Å². The Kier molecular flexibility index (Phi) is 6.51. The summed E-state index contributed by atoms with van der Waals surface area (Å²) in [5.41, 5.74) is 2.50. The molecular weight excluding hydrogens is 389 g/mol. The fraction of sp³-hybridized carbons (Fsp3) is 0.136. The second-order valence-electron chi connectivity index (χ2n) is 6.24. The molecule has 2 aromatic carbocycles. The number of para-hydroxylation sites is 1. The first-order valence-corrected chi connectivity index (χ1v) is 9.94. The Labute approximate surface area is 172 Å². The summed E-state index contributed by atoms with van der Waals surface area (Å²) in [6.07, 6.45) is 3.81. The number of benzene rings is 2. The quantitative estimate of drug-likeness (QED) is 0.571. The topological polar surface area (TPSA) is 62.3 Å². The van der Waals surface area contributed by atoms with E-state index in [1.807, 2.05) is 31.2 Å². The highest BCUT2D eigenvalue weighted by Crippen LogP contribution is 2.30. The summed E-state index contributed by atoms with van der Waals surface area (Å²) in [5, 5.41) is 4.84. The van der Waals surface area contributed by atoms with Crippen LogP contribution in [0, 0.1) is 5.82 Å². The van der Waals surface area contributed by atoms with Gasteiger partial charge in [0.1, 0.15) is 5.82 Å². The molecule has 0 bridgehead atoms. The van der Waals surface area contributed by atoms with E-state index < -0.39 is 5.82 Å². The lowest BCUT2D eigenvalue weighted by Crippen LogP contribution is -2.23. The first-order chi connectivity index (χ1) is 14.0. The first kappa shape index (κ1) is 20.4. The summed E-state index contributed by atoms with van der Waals surface area (Å²) in [5.74, 6) is -1.15. The monoisotopic (exact) mass is 409 g/mol. The molecule has 0 aliphatic rings. The van der Waals surface area contributed by atoms with Crippen molar-refractivity contribution >= 4 is 45.7 Å². The van der Waals surface area contributed by atoms with Crippen molar-refractivity contribution in [3.05, 3.63) is 77.1 Å². The third-order valence-electron chi connectivity index (χ3n) is 4.12. The van der Waals surface area contributed by atoms with Gasteiger partial charge in [-0.15, -0.1) is 11.3 Å². The molecule has 5 nitrogen and oxygen atoms in total. The highest BCUT2D eigenvalue weighted by atomic mass is 32.1. The summed E-state index contributed by atoms with van der Waals surface area (Å²) in [7, 11) is 0. The molecule has 1 heterocycles. The van der Waals surface area contributed by atoms with Gasteiger partial charge in [-0.1, -0.05) is 31.2 Å². The van der Waals surface area contributed by atoms with Crippen LogP contribution in [0.1, 0.15) is 25.1 Å². The van der Waals surface area contributed by atoms with Crippen LogP contribution in [-0.2, 0) is 16.0 Å². The minimum atomic E-state index is -0.510. The Morgan fingerprint density at radius 1 is 1.21 bits per heavy atom. The van der Waals surface area contributed by atoms with Crippen molar-refractivity contribution in [1.82, 2.24) is 4.98 Å². The number of rotatable bonds is 6. The van der Waals surface area contributed by atoms with Gasteiger partial charge >= 0.3 is 0 Å². The molecule has 0 atom stereocenters. The zero-order valence-electron chi connectivity index (χ0n) is 16.1. The number of aromatic nitrogens is 1. The largest absolute Gasteiger partial charge is 0.323 e. The number of carbonyl (C=O) groups excluding carboxylic acids is 2. The third-order valence-corrected chi connectivity index (χ3v) is 4.96. The Morgan fingerprint density at radius 2 is 2.00 bits per heavy atom. The van der Waals surface area contributed by atoms with Gasteiger partial charge in [0.25, 0.3) is 0 Å². The second-order valence-corrected chi connectivity index (χ2v) is 7.07. The summed E-state index contributed by atoms with van der Waals surface area (Å²) in [4.78, 5) is 29.8. The van der Waals surface area contributed by atoms with E-state index >= 15 is 0 Å². The van der Waals surface area contributed by atoms with Gasteiger partial charge in [0.05, 0.1) is 11.4 Å². The Balaban J connectivity index is 1.74. The average molecular weight is 409 g/mol. The summed E-state index contributed by atoms with van der Waals surface area (Å²) >= 11 is 1.19. The molecule has 0 saturated heterocycles. The molecule has 29 heavy (non-hydrogen) atoms. The molecule has 0 radical (unpaired) electrons. The second kappa shape index (κ2) is 9.25. The van der Waals surface area contributed by atoms with E-state index in [-0.39, 0.29) is 17.5 Å². The number of nitrogens with one attached hydrogen (secondary N) is 1. The van der Waals surface area contributed by atoms with Crippen molar-refractivity contribution in [2.24, 2.45) is 0 Å². The fourth-order valence-corrected chi connectivity index (χ4v) is 3.56. The van der Waals surface area contributed by atoms with Crippen LogP contribution in [0.5, 0.6) is 0 Å². The molecule has 2 amide bonds. The molecule has 7 heteroatoms. The van der Waals surface area contributed by atoms with Crippen molar-refractivity contribution < 1.29 is 14.0 Å². The molecule has 3 aromatic rings. The van der Waals surface area contributed by atoms with Gasteiger partial charge in [0, 0.05) is 24.1 Å². The average Bonchev–Trinajstić information content (AvgIpc) is 3.16. The van der Waals surface area contributed by atoms with Gasteiger partial charge in [-0.3, -0.25) is 14.5 Å². The molecule has 3 rings (SSSR count).